The molecule has 21 heavy (non-hydrogen) atoms. The Morgan fingerprint density at radius 2 is 1.95 bits per heavy atom. The van der Waals surface area contributed by atoms with Gasteiger partial charge in [-0.05, 0) is 18.4 Å². The van der Waals surface area contributed by atoms with Gasteiger partial charge in [-0.2, -0.15) is 0 Å². The lowest BCUT2D eigenvalue weighted by Crippen LogP contribution is -2.23. The highest BCUT2D eigenvalue weighted by Gasteiger charge is 2.13. The number of benzene rings is 2. The largest absolute Gasteiger partial charge is 0.377 e. The van der Waals surface area contributed by atoms with Crippen LogP contribution in [-0.2, 0) is 6.54 Å². The molecule has 0 saturated carbocycles. The molecule has 0 radical (unpaired) electrons. The molecule has 1 aromatic heterocycles. The van der Waals surface area contributed by atoms with Crippen molar-refractivity contribution >= 4 is 33.0 Å². The third-order valence-electron chi connectivity index (χ3n) is 3.61. The summed E-state index contributed by atoms with van der Waals surface area (Å²) in [5.74, 6) is 0. The van der Waals surface area contributed by atoms with Crippen molar-refractivity contribution in [2.75, 3.05) is 23.8 Å². The summed E-state index contributed by atoms with van der Waals surface area (Å²) in [6.45, 7) is 3.85. The maximum atomic E-state index is 4.24. The molecule has 1 heterocycles. The van der Waals surface area contributed by atoms with Crippen molar-refractivity contribution in [3.8, 4) is 0 Å². The van der Waals surface area contributed by atoms with Crippen molar-refractivity contribution in [1.82, 2.24) is 9.59 Å². The number of rotatable bonds is 5. The van der Waals surface area contributed by atoms with E-state index >= 15 is 0 Å². The maximum absolute atomic E-state index is 4.24. The zero-order chi connectivity index (χ0) is 14.7. The number of anilines is 2. The number of nitrogens with zero attached hydrogens (tertiary/aromatic N) is 3. The first-order chi connectivity index (χ1) is 10.3. The second kappa shape index (κ2) is 6.10. The van der Waals surface area contributed by atoms with Gasteiger partial charge in [-0.1, -0.05) is 40.9 Å². The molecular weight excluding hydrogens is 280 g/mol. The highest BCUT2D eigenvalue weighted by molar-refractivity contribution is 7.10. The van der Waals surface area contributed by atoms with Gasteiger partial charge >= 0.3 is 0 Å². The molecule has 2 aromatic carbocycles. The monoisotopic (exact) mass is 298 g/mol. The van der Waals surface area contributed by atoms with Crippen LogP contribution in [0, 0.1) is 0 Å². The minimum absolute atomic E-state index is 0.761. The molecule has 4 nitrogen and oxygen atoms in total. The quantitative estimate of drug-likeness (QED) is 0.778. The van der Waals surface area contributed by atoms with Crippen molar-refractivity contribution in [1.29, 1.82) is 0 Å². The van der Waals surface area contributed by atoms with E-state index in [1.54, 1.807) is 0 Å². The summed E-state index contributed by atoms with van der Waals surface area (Å²) in [7, 11) is 1.91. The molecule has 0 aliphatic rings. The fourth-order valence-electron chi connectivity index (χ4n) is 2.53. The average Bonchev–Trinajstić information content (AvgIpc) is 2.99. The van der Waals surface area contributed by atoms with Crippen LogP contribution in [0.3, 0.4) is 0 Å². The highest BCUT2D eigenvalue weighted by Crippen LogP contribution is 2.29. The molecular formula is C16H18N4S. The highest BCUT2D eigenvalue weighted by atomic mass is 32.1. The minimum Gasteiger partial charge on any atom is -0.377 e. The van der Waals surface area contributed by atoms with Crippen molar-refractivity contribution in [2.24, 2.45) is 0 Å². The summed E-state index contributed by atoms with van der Waals surface area (Å²) in [5, 5.41) is 11.0. The molecule has 0 aliphatic heterocycles. The van der Waals surface area contributed by atoms with Crippen molar-refractivity contribution in [3.63, 3.8) is 0 Å². The molecule has 0 fully saturated rings. The maximum Gasteiger partial charge on any atom is 0.134 e. The van der Waals surface area contributed by atoms with Gasteiger partial charge in [0.15, 0.2) is 0 Å². The second-order valence-electron chi connectivity index (χ2n) is 4.81. The summed E-state index contributed by atoms with van der Waals surface area (Å²) < 4.78 is 4.04. The van der Waals surface area contributed by atoms with E-state index in [2.05, 4.69) is 69.2 Å². The Bertz CT molecular complexity index is 732. The first-order valence-corrected chi connectivity index (χ1v) is 7.82. The summed E-state index contributed by atoms with van der Waals surface area (Å²) in [6, 6.07) is 14.9. The molecule has 0 unspecified atom stereocenters. The number of aromatic nitrogens is 2. The predicted octanol–water partition coefficient (Wildman–Crippen LogP) is 3.76. The molecule has 0 bridgehead atoms. The molecule has 0 amide bonds. The lowest BCUT2D eigenvalue weighted by molar-refractivity contribution is 0.808. The first-order valence-electron chi connectivity index (χ1n) is 7.05. The van der Waals surface area contributed by atoms with E-state index in [0.717, 1.165) is 23.8 Å². The van der Waals surface area contributed by atoms with Crippen LogP contribution in [0.1, 0.15) is 12.6 Å². The van der Waals surface area contributed by atoms with E-state index in [1.807, 2.05) is 7.05 Å². The van der Waals surface area contributed by atoms with Crippen molar-refractivity contribution < 1.29 is 0 Å². The zero-order valence-corrected chi connectivity index (χ0v) is 13.0. The summed E-state index contributed by atoms with van der Waals surface area (Å²) in [6.07, 6.45) is 0. The fourth-order valence-corrected chi connectivity index (χ4v) is 3.06. The van der Waals surface area contributed by atoms with Crippen LogP contribution in [0.5, 0.6) is 0 Å². The standard InChI is InChI=1S/C16H18N4S/c1-3-20(11-14-16(17-2)21-19-18-14)15-10-6-8-12-7-4-5-9-13(12)15/h4-10,17H,3,11H2,1-2H3. The van der Waals surface area contributed by atoms with E-state index in [4.69, 9.17) is 0 Å². The van der Waals surface area contributed by atoms with Crippen LogP contribution in [0.15, 0.2) is 42.5 Å². The van der Waals surface area contributed by atoms with Crippen LogP contribution >= 0.6 is 11.5 Å². The molecule has 0 spiro atoms. The normalized spacial score (nSPS) is 10.8. The van der Waals surface area contributed by atoms with E-state index in [0.29, 0.717) is 0 Å². The van der Waals surface area contributed by atoms with Crippen LogP contribution < -0.4 is 10.2 Å². The summed E-state index contributed by atoms with van der Waals surface area (Å²) in [4.78, 5) is 2.33. The average molecular weight is 298 g/mol. The van der Waals surface area contributed by atoms with Gasteiger partial charge in [0.05, 0.1) is 6.54 Å². The minimum atomic E-state index is 0.761. The fraction of sp³-hybridized carbons (Fsp3) is 0.250. The Morgan fingerprint density at radius 3 is 2.76 bits per heavy atom. The molecule has 0 aliphatic carbocycles. The molecule has 3 rings (SSSR count). The van der Waals surface area contributed by atoms with Gasteiger partial charge in [0.2, 0.25) is 0 Å². The number of hydrogen-bond donors (Lipinski definition) is 1. The van der Waals surface area contributed by atoms with Gasteiger partial charge in [-0.15, -0.1) is 5.10 Å². The second-order valence-corrected chi connectivity index (χ2v) is 5.57. The Morgan fingerprint density at radius 1 is 1.14 bits per heavy atom. The summed E-state index contributed by atoms with van der Waals surface area (Å²) in [5.41, 5.74) is 2.24. The molecule has 0 atom stereocenters. The molecule has 108 valence electrons. The van der Waals surface area contributed by atoms with Crippen molar-refractivity contribution in [3.05, 3.63) is 48.2 Å². The van der Waals surface area contributed by atoms with Gasteiger partial charge in [0.25, 0.3) is 0 Å². The Hall–Kier alpha value is -2.14. The Kier molecular flexibility index (Phi) is 4.01. The smallest absolute Gasteiger partial charge is 0.134 e. The van der Waals surface area contributed by atoms with Crippen LogP contribution in [0.2, 0.25) is 0 Å². The Labute approximate surface area is 128 Å². The Balaban J connectivity index is 1.99. The third kappa shape index (κ3) is 2.69. The van der Waals surface area contributed by atoms with E-state index < -0.39 is 0 Å². The number of hydrogen-bond acceptors (Lipinski definition) is 5. The van der Waals surface area contributed by atoms with E-state index in [9.17, 15) is 0 Å². The number of fused-ring (bicyclic) bond motifs is 1. The van der Waals surface area contributed by atoms with Gasteiger partial charge < -0.3 is 10.2 Å². The van der Waals surface area contributed by atoms with Crippen LogP contribution in [0.25, 0.3) is 10.8 Å². The SMILES string of the molecule is CCN(Cc1nnsc1NC)c1cccc2ccccc12. The first kappa shape index (κ1) is 13.8. The lowest BCUT2D eigenvalue weighted by Gasteiger charge is -2.24. The van der Waals surface area contributed by atoms with E-state index in [-0.39, 0.29) is 0 Å². The zero-order valence-electron chi connectivity index (χ0n) is 12.2. The third-order valence-corrected chi connectivity index (χ3v) is 4.40. The van der Waals surface area contributed by atoms with Crippen LogP contribution in [-0.4, -0.2) is 23.2 Å². The molecule has 1 N–H and O–H groups in total. The molecule has 3 aromatic rings. The van der Waals surface area contributed by atoms with E-state index in [1.165, 1.54) is 28.0 Å². The molecule has 0 saturated heterocycles. The molecule has 5 heteroatoms. The summed E-state index contributed by atoms with van der Waals surface area (Å²) >= 11 is 1.40. The number of nitrogens with one attached hydrogen (secondary N) is 1. The lowest BCUT2D eigenvalue weighted by atomic mass is 10.1. The van der Waals surface area contributed by atoms with Gasteiger partial charge in [-0.25, -0.2) is 0 Å². The van der Waals surface area contributed by atoms with Gasteiger partial charge in [0.1, 0.15) is 10.7 Å². The van der Waals surface area contributed by atoms with Crippen molar-refractivity contribution in [2.45, 2.75) is 13.5 Å². The van der Waals surface area contributed by atoms with Gasteiger partial charge in [0, 0.05) is 36.2 Å². The van der Waals surface area contributed by atoms with Crippen LogP contribution in [0.4, 0.5) is 10.7 Å². The topological polar surface area (TPSA) is 41.1 Å². The van der Waals surface area contributed by atoms with Gasteiger partial charge in [-0.3, -0.25) is 0 Å². The predicted molar refractivity (Wildman–Crippen MR) is 90.1 cm³/mol.